The first-order valence-corrected chi connectivity index (χ1v) is 9.37. The predicted octanol–water partition coefficient (Wildman–Crippen LogP) is 0.939. The van der Waals surface area contributed by atoms with Crippen LogP contribution in [0.4, 0.5) is 0 Å². The Kier molecular flexibility index (Phi) is 6.29. The number of aryl methyl sites for hydroxylation is 2. The molecule has 1 saturated heterocycles. The summed E-state index contributed by atoms with van der Waals surface area (Å²) in [5.41, 5.74) is 2.51. The molecule has 1 aliphatic heterocycles. The SMILES string of the molecule is Cc1cc(CN(CC[NH+]2CCOCC2)C(=O)c2ccccc2Cl)n(C)n1. The van der Waals surface area contributed by atoms with Crippen molar-refractivity contribution in [3.63, 3.8) is 0 Å². The molecule has 7 heteroatoms. The van der Waals surface area contributed by atoms with Crippen molar-refractivity contribution >= 4 is 17.5 Å². The lowest BCUT2D eigenvalue weighted by Gasteiger charge is -2.28. The van der Waals surface area contributed by atoms with Crippen LogP contribution < -0.4 is 4.90 Å². The number of nitrogens with zero attached hydrogens (tertiary/aromatic N) is 3. The average molecular weight is 378 g/mol. The number of halogens is 1. The van der Waals surface area contributed by atoms with Crippen LogP contribution in [0.1, 0.15) is 21.7 Å². The molecule has 6 nitrogen and oxygen atoms in total. The number of carbonyl (C=O) groups excluding carboxylic acids is 1. The fraction of sp³-hybridized carbons (Fsp3) is 0.474. The standard InChI is InChI=1S/C19H25ClN4O2/c1-15-13-16(22(2)21-15)14-24(8-7-23-9-11-26-12-10-23)19(25)17-5-3-4-6-18(17)20/h3-6,13H,7-12,14H2,1-2H3/p+1. The Bertz CT molecular complexity index is 756. The second-order valence-corrected chi connectivity index (χ2v) is 7.13. The zero-order valence-corrected chi connectivity index (χ0v) is 16.1. The van der Waals surface area contributed by atoms with E-state index in [4.69, 9.17) is 16.3 Å². The van der Waals surface area contributed by atoms with Crippen LogP contribution in [0.5, 0.6) is 0 Å². The van der Waals surface area contributed by atoms with Gasteiger partial charge in [0.05, 0.1) is 54.8 Å². The maximum Gasteiger partial charge on any atom is 0.255 e. The minimum Gasteiger partial charge on any atom is -0.370 e. The average Bonchev–Trinajstić information content (AvgIpc) is 2.96. The normalized spacial score (nSPS) is 15.2. The van der Waals surface area contributed by atoms with E-state index in [1.165, 1.54) is 4.90 Å². The summed E-state index contributed by atoms with van der Waals surface area (Å²) >= 11 is 6.26. The molecular formula is C19H26ClN4O2+. The lowest BCUT2D eigenvalue weighted by molar-refractivity contribution is -0.907. The Morgan fingerprint density at radius 3 is 2.73 bits per heavy atom. The number of carbonyl (C=O) groups is 1. The van der Waals surface area contributed by atoms with Crippen LogP contribution in [0.15, 0.2) is 30.3 Å². The third-order valence-electron chi connectivity index (χ3n) is 4.78. The highest BCUT2D eigenvalue weighted by atomic mass is 35.5. The van der Waals surface area contributed by atoms with E-state index in [-0.39, 0.29) is 5.91 Å². The molecule has 140 valence electrons. The van der Waals surface area contributed by atoms with Crippen LogP contribution >= 0.6 is 11.6 Å². The van der Waals surface area contributed by atoms with Gasteiger partial charge in [-0.1, -0.05) is 23.7 Å². The van der Waals surface area contributed by atoms with Crippen LogP contribution in [0.2, 0.25) is 5.02 Å². The van der Waals surface area contributed by atoms with Crippen molar-refractivity contribution in [3.05, 3.63) is 52.3 Å². The third-order valence-corrected chi connectivity index (χ3v) is 5.11. The number of nitrogens with one attached hydrogen (secondary N) is 1. The van der Waals surface area contributed by atoms with Crippen LogP contribution in [-0.4, -0.2) is 60.0 Å². The number of rotatable bonds is 6. The Morgan fingerprint density at radius 1 is 1.35 bits per heavy atom. The molecule has 0 atom stereocenters. The molecule has 26 heavy (non-hydrogen) atoms. The van der Waals surface area contributed by atoms with Gasteiger partial charge in [-0.05, 0) is 25.1 Å². The summed E-state index contributed by atoms with van der Waals surface area (Å²) in [6.45, 7) is 7.59. The van der Waals surface area contributed by atoms with Crippen LogP contribution in [0.25, 0.3) is 0 Å². The van der Waals surface area contributed by atoms with Crippen molar-refractivity contribution < 1.29 is 14.4 Å². The van der Waals surface area contributed by atoms with Gasteiger partial charge in [-0.25, -0.2) is 0 Å². The number of ether oxygens (including phenoxy) is 1. The topological polar surface area (TPSA) is 51.8 Å². The fourth-order valence-corrected chi connectivity index (χ4v) is 3.48. The minimum absolute atomic E-state index is 0.0397. The van der Waals surface area contributed by atoms with E-state index in [1.807, 2.05) is 41.8 Å². The molecule has 0 bridgehead atoms. The van der Waals surface area contributed by atoms with Gasteiger partial charge in [-0.15, -0.1) is 0 Å². The van der Waals surface area contributed by atoms with Crippen LogP contribution in [0.3, 0.4) is 0 Å². The quantitative estimate of drug-likeness (QED) is 0.815. The molecule has 0 saturated carbocycles. The summed E-state index contributed by atoms with van der Waals surface area (Å²) in [4.78, 5) is 16.5. The summed E-state index contributed by atoms with van der Waals surface area (Å²) in [5, 5.41) is 4.88. The van der Waals surface area contributed by atoms with E-state index in [2.05, 4.69) is 5.10 Å². The lowest BCUT2D eigenvalue weighted by Crippen LogP contribution is -3.14. The minimum atomic E-state index is -0.0397. The maximum atomic E-state index is 13.1. The van der Waals surface area contributed by atoms with Gasteiger partial charge in [-0.2, -0.15) is 5.10 Å². The molecule has 1 fully saturated rings. The van der Waals surface area contributed by atoms with E-state index in [9.17, 15) is 4.79 Å². The molecule has 1 aliphatic rings. The molecule has 0 unspecified atom stereocenters. The molecule has 0 radical (unpaired) electrons. The van der Waals surface area contributed by atoms with Gasteiger partial charge in [0, 0.05) is 7.05 Å². The van der Waals surface area contributed by atoms with Crippen molar-refractivity contribution in [2.45, 2.75) is 13.5 Å². The maximum absolute atomic E-state index is 13.1. The van der Waals surface area contributed by atoms with Gasteiger partial charge in [0.15, 0.2) is 0 Å². The second kappa shape index (κ2) is 8.66. The van der Waals surface area contributed by atoms with Crippen molar-refractivity contribution in [2.75, 3.05) is 39.4 Å². The highest BCUT2D eigenvalue weighted by Gasteiger charge is 2.22. The number of hydrogen-bond donors (Lipinski definition) is 1. The third kappa shape index (κ3) is 4.63. The van der Waals surface area contributed by atoms with Crippen LogP contribution in [-0.2, 0) is 18.3 Å². The van der Waals surface area contributed by atoms with Gasteiger partial charge >= 0.3 is 0 Å². The Morgan fingerprint density at radius 2 is 2.08 bits per heavy atom. The summed E-state index contributed by atoms with van der Waals surface area (Å²) in [6.07, 6.45) is 0. The van der Waals surface area contributed by atoms with E-state index < -0.39 is 0 Å². The van der Waals surface area contributed by atoms with Crippen molar-refractivity contribution in [2.24, 2.45) is 7.05 Å². The smallest absolute Gasteiger partial charge is 0.255 e. The zero-order chi connectivity index (χ0) is 18.5. The van der Waals surface area contributed by atoms with Gasteiger partial charge in [0.25, 0.3) is 5.91 Å². The number of quaternary nitrogens is 1. The van der Waals surface area contributed by atoms with Gasteiger partial charge in [-0.3, -0.25) is 9.48 Å². The number of amides is 1. The van der Waals surface area contributed by atoms with Gasteiger partial charge in [0.1, 0.15) is 13.1 Å². The molecule has 1 aromatic heterocycles. The Labute approximate surface area is 159 Å². The first-order chi connectivity index (χ1) is 12.5. The molecular weight excluding hydrogens is 352 g/mol. The van der Waals surface area contributed by atoms with Crippen LogP contribution in [0, 0.1) is 6.92 Å². The fourth-order valence-electron chi connectivity index (χ4n) is 3.27. The molecule has 2 aromatic rings. The molecule has 1 amide bonds. The van der Waals surface area contributed by atoms with E-state index in [1.54, 1.807) is 12.1 Å². The number of aromatic nitrogens is 2. The first-order valence-electron chi connectivity index (χ1n) is 8.99. The molecule has 3 rings (SSSR count). The Balaban J connectivity index is 1.77. The molecule has 2 heterocycles. The largest absolute Gasteiger partial charge is 0.370 e. The lowest BCUT2D eigenvalue weighted by atomic mass is 10.2. The predicted molar refractivity (Wildman–Crippen MR) is 101 cm³/mol. The van der Waals surface area contributed by atoms with E-state index in [0.717, 1.165) is 44.2 Å². The monoisotopic (exact) mass is 377 g/mol. The van der Waals surface area contributed by atoms with Gasteiger partial charge < -0.3 is 14.5 Å². The molecule has 0 aliphatic carbocycles. The number of morpholine rings is 1. The second-order valence-electron chi connectivity index (χ2n) is 6.72. The summed E-state index contributed by atoms with van der Waals surface area (Å²) in [6, 6.07) is 9.25. The van der Waals surface area contributed by atoms with E-state index >= 15 is 0 Å². The van der Waals surface area contributed by atoms with Gasteiger partial charge in [0.2, 0.25) is 0 Å². The Hall–Kier alpha value is -1.89. The first kappa shape index (κ1) is 18.9. The summed E-state index contributed by atoms with van der Waals surface area (Å²) < 4.78 is 7.26. The number of benzene rings is 1. The molecule has 1 N–H and O–H groups in total. The highest BCUT2D eigenvalue weighted by molar-refractivity contribution is 6.33. The highest BCUT2D eigenvalue weighted by Crippen LogP contribution is 2.18. The number of hydrogen-bond acceptors (Lipinski definition) is 3. The summed E-state index contributed by atoms with van der Waals surface area (Å²) in [5.74, 6) is -0.0397. The van der Waals surface area contributed by atoms with Crippen molar-refractivity contribution in [1.29, 1.82) is 0 Å². The van der Waals surface area contributed by atoms with Crippen molar-refractivity contribution in [1.82, 2.24) is 14.7 Å². The van der Waals surface area contributed by atoms with E-state index in [0.29, 0.717) is 23.7 Å². The zero-order valence-electron chi connectivity index (χ0n) is 15.4. The summed E-state index contributed by atoms with van der Waals surface area (Å²) in [7, 11) is 1.91. The van der Waals surface area contributed by atoms with Crippen molar-refractivity contribution in [3.8, 4) is 0 Å². The molecule has 0 spiro atoms. The molecule has 1 aromatic carbocycles.